The lowest BCUT2D eigenvalue weighted by molar-refractivity contribution is -0.151. The molecule has 2 heterocycles. The van der Waals surface area contributed by atoms with Crippen molar-refractivity contribution in [3.8, 4) is 0 Å². The molecule has 0 saturated heterocycles. The molecule has 7 heteroatoms. The fourth-order valence-corrected chi connectivity index (χ4v) is 3.85. The van der Waals surface area contributed by atoms with Crippen molar-refractivity contribution in [2.75, 3.05) is 18.1 Å². The van der Waals surface area contributed by atoms with Crippen LogP contribution < -0.4 is 4.90 Å². The topological polar surface area (TPSA) is 68.7 Å². The lowest BCUT2D eigenvalue weighted by Gasteiger charge is -2.31. The van der Waals surface area contributed by atoms with E-state index in [0.29, 0.717) is 12.2 Å². The summed E-state index contributed by atoms with van der Waals surface area (Å²) in [7, 11) is 0. The average molecular weight is 475 g/mol. The zero-order valence-corrected chi connectivity index (χ0v) is 19.3. The Morgan fingerprint density at radius 2 is 2.03 bits per heavy atom. The summed E-state index contributed by atoms with van der Waals surface area (Å²) in [6.07, 6.45) is -0.0149. The molecule has 2 atom stereocenters. The molecular formula is C23H27BrN2O4. The highest BCUT2D eigenvalue weighted by Crippen LogP contribution is 2.40. The summed E-state index contributed by atoms with van der Waals surface area (Å²) in [4.78, 5) is 32.0. The minimum absolute atomic E-state index is 0.147. The van der Waals surface area contributed by atoms with E-state index in [4.69, 9.17) is 9.47 Å². The van der Waals surface area contributed by atoms with Crippen molar-refractivity contribution in [1.82, 2.24) is 4.98 Å². The van der Waals surface area contributed by atoms with E-state index in [1.165, 1.54) is 0 Å². The van der Waals surface area contributed by atoms with Crippen LogP contribution in [0.2, 0.25) is 0 Å². The van der Waals surface area contributed by atoms with Crippen molar-refractivity contribution in [3.05, 3.63) is 58.3 Å². The zero-order chi connectivity index (χ0) is 21.9. The lowest BCUT2D eigenvalue weighted by Crippen LogP contribution is -2.44. The second-order valence-electron chi connectivity index (χ2n) is 8.46. The van der Waals surface area contributed by atoms with E-state index in [1.54, 1.807) is 18.0 Å². The van der Waals surface area contributed by atoms with Crippen LogP contribution in [0.1, 0.15) is 51.5 Å². The second kappa shape index (κ2) is 9.27. The van der Waals surface area contributed by atoms with Crippen LogP contribution in [0.3, 0.4) is 0 Å². The first-order valence-corrected chi connectivity index (χ1v) is 10.8. The predicted molar refractivity (Wildman–Crippen MR) is 118 cm³/mol. The van der Waals surface area contributed by atoms with Gasteiger partial charge in [-0.15, -0.1) is 0 Å². The number of fused-ring (bicyclic) bond motifs is 1. The Kier molecular flexibility index (Phi) is 6.93. The molecule has 3 rings (SSSR count). The molecule has 0 aliphatic carbocycles. The number of anilines is 1. The number of hydrogen-bond donors (Lipinski definition) is 0. The van der Waals surface area contributed by atoms with Gasteiger partial charge in [-0.3, -0.25) is 14.6 Å². The van der Waals surface area contributed by atoms with Gasteiger partial charge in [0.2, 0.25) is 0 Å². The molecule has 1 aromatic carbocycles. The number of benzene rings is 1. The first kappa shape index (κ1) is 22.4. The van der Waals surface area contributed by atoms with Crippen molar-refractivity contribution < 1.29 is 19.1 Å². The maximum Gasteiger partial charge on any atom is 0.308 e. The van der Waals surface area contributed by atoms with E-state index < -0.39 is 18.2 Å². The molecule has 1 amide bonds. The Morgan fingerprint density at radius 1 is 1.27 bits per heavy atom. The molecular weight excluding hydrogens is 448 g/mol. The molecule has 0 N–H and O–H groups in total. The van der Waals surface area contributed by atoms with E-state index >= 15 is 0 Å². The fourth-order valence-electron chi connectivity index (χ4n) is 3.47. The molecule has 1 aliphatic rings. The number of carbonyl (C=O) groups excluding carboxylic acids is 2. The zero-order valence-electron chi connectivity index (χ0n) is 17.7. The minimum atomic E-state index is -0.968. The molecule has 1 aromatic heterocycles. The smallest absolute Gasteiger partial charge is 0.308 e. The summed E-state index contributed by atoms with van der Waals surface area (Å²) < 4.78 is 12.2. The highest BCUT2D eigenvalue weighted by molar-refractivity contribution is 9.10. The Morgan fingerprint density at radius 3 is 2.67 bits per heavy atom. The number of pyridine rings is 1. The quantitative estimate of drug-likeness (QED) is 0.589. The van der Waals surface area contributed by atoms with Crippen LogP contribution in [0.25, 0.3) is 0 Å². The number of hydrogen-bond acceptors (Lipinski definition) is 5. The van der Waals surface area contributed by atoms with E-state index in [2.05, 4.69) is 41.7 Å². The second-order valence-corrected chi connectivity index (χ2v) is 9.37. The van der Waals surface area contributed by atoms with Crippen molar-refractivity contribution in [2.24, 2.45) is 5.41 Å². The molecule has 0 fully saturated rings. The largest absolute Gasteiger partial charge is 0.466 e. The molecule has 160 valence electrons. The summed E-state index contributed by atoms with van der Waals surface area (Å²) >= 11 is 3.53. The molecule has 0 radical (unpaired) electrons. The predicted octanol–water partition coefficient (Wildman–Crippen LogP) is 4.66. The van der Waals surface area contributed by atoms with Crippen molar-refractivity contribution in [1.29, 1.82) is 0 Å². The van der Waals surface area contributed by atoms with E-state index in [1.807, 2.05) is 36.4 Å². The third-order valence-corrected chi connectivity index (χ3v) is 5.14. The van der Waals surface area contributed by atoms with Crippen LogP contribution in [0.5, 0.6) is 0 Å². The van der Waals surface area contributed by atoms with Crippen LogP contribution in [-0.4, -0.2) is 36.1 Å². The average Bonchev–Trinajstić information content (AvgIpc) is 2.78. The van der Waals surface area contributed by atoms with E-state index in [0.717, 1.165) is 15.7 Å². The SMILES string of the molecule is CCOC(=O)C[C@@H]1O[C@@H](c2ccccn2)c2cc(Br)ccc2N(CC(C)(C)C)C1=O. The lowest BCUT2D eigenvalue weighted by atomic mass is 9.94. The summed E-state index contributed by atoms with van der Waals surface area (Å²) in [6, 6.07) is 11.3. The molecule has 6 nitrogen and oxygen atoms in total. The summed E-state index contributed by atoms with van der Waals surface area (Å²) in [5.74, 6) is -0.710. The number of esters is 1. The first-order valence-electron chi connectivity index (χ1n) is 10.0. The van der Waals surface area contributed by atoms with Crippen molar-refractivity contribution in [3.63, 3.8) is 0 Å². The van der Waals surface area contributed by atoms with Gasteiger partial charge in [-0.25, -0.2) is 0 Å². The summed E-state index contributed by atoms with van der Waals surface area (Å²) in [5, 5.41) is 0. The van der Waals surface area contributed by atoms with Crippen LogP contribution in [0, 0.1) is 5.41 Å². The van der Waals surface area contributed by atoms with E-state index in [9.17, 15) is 9.59 Å². The molecule has 1 aliphatic heterocycles. The summed E-state index contributed by atoms with van der Waals surface area (Å²) in [6.45, 7) is 8.69. The maximum atomic E-state index is 13.5. The third-order valence-electron chi connectivity index (χ3n) is 4.65. The number of halogens is 1. The van der Waals surface area contributed by atoms with Crippen LogP contribution in [0.15, 0.2) is 47.1 Å². The Labute approximate surface area is 185 Å². The number of nitrogens with zero attached hydrogens (tertiary/aromatic N) is 2. The molecule has 0 unspecified atom stereocenters. The number of carbonyl (C=O) groups is 2. The van der Waals surface area contributed by atoms with Crippen LogP contribution >= 0.6 is 15.9 Å². The number of ether oxygens (including phenoxy) is 2. The van der Waals surface area contributed by atoms with Gasteiger partial charge < -0.3 is 14.4 Å². The van der Waals surface area contributed by atoms with E-state index in [-0.39, 0.29) is 24.3 Å². The molecule has 0 spiro atoms. The number of amides is 1. The standard InChI is InChI=1S/C23H27BrN2O4/c1-5-29-20(27)13-19-22(28)26(14-23(2,3)4)18-10-9-15(24)12-16(18)21(30-19)17-8-6-7-11-25-17/h6-12,19,21H,5,13-14H2,1-4H3/t19-,21+/m0/s1. The van der Waals surface area contributed by atoms with Gasteiger partial charge in [-0.05, 0) is 42.7 Å². The van der Waals surface area contributed by atoms with Gasteiger partial charge in [0.15, 0.2) is 0 Å². The number of aromatic nitrogens is 1. The van der Waals surface area contributed by atoms with Crippen LogP contribution in [0.4, 0.5) is 5.69 Å². The van der Waals surface area contributed by atoms with Gasteiger partial charge in [0.25, 0.3) is 5.91 Å². The fraction of sp³-hybridized carbons (Fsp3) is 0.435. The normalized spacial score (nSPS) is 19.2. The third kappa shape index (κ3) is 5.26. The summed E-state index contributed by atoms with van der Waals surface area (Å²) in [5.41, 5.74) is 2.11. The van der Waals surface area contributed by atoms with Gasteiger partial charge in [0.05, 0.1) is 24.4 Å². The maximum absolute atomic E-state index is 13.5. The molecule has 0 bridgehead atoms. The van der Waals surface area contributed by atoms with Gasteiger partial charge in [0, 0.05) is 22.8 Å². The van der Waals surface area contributed by atoms with Crippen LogP contribution in [-0.2, 0) is 19.1 Å². The van der Waals surface area contributed by atoms with Gasteiger partial charge >= 0.3 is 5.97 Å². The van der Waals surface area contributed by atoms with Gasteiger partial charge in [0.1, 0.15) is 12.2 Å². The first-order chi connectivity index (χ1) is 14.2. The Bertz CT molecular complexity index is 911. The monoisotopic (exact) mass is 474 g/mol. The molecule has 0 saturated carbocycles. The highest BCUT2D eigenvalue weighted by Gasteiger charge is 2.39. The highest BCUT2D eigenvalue weighted by atomic mass is 79.9. The molecule has 2 aromatic rings. The number of rotatable bonds is 5. The minimum Gasteiger partial charge on any atom is -0.466 e. The Hall–Kier alpha value is -2.25. The Balaban J connectivity index is 2.13. The van der Waals surface area contributed by atoms with Gasteiger partial charge in [-0.1, -0.05) is 42.8 Å². The van der Waals surface area contributed by atoms with Crippen molar-refractivity contribution >= 4 is 33.5 Å². The van der Waals surface area contributed by atoms with Gasteiger partial charge in [-0.2, -0.15) is 0 Å². The molecule has 30 heavy (non-hydrogen) atoms. The van der Waals surface area contributed by atoms with Crippen molar-refractivity contribution in [2.45, 2.75) is 46.3 Å².